The average Bonchev–Trinajstić information content (AvgIpc) is 2.24. The lowest BCUT2D eigenvalue weighted by atomic mass is 9.81. The van der Waals surface area contributed by atoms with Gasteiger partial charge in [-0.2, -0.15) is 0 Å². The van der Waals surface area contributed by atoms with Gasteiger partial charge in [-0.1, -0.05) is 20.8 Å². The number of nitro benzene ring substituents is 3. The monoisotopic (exact) mass is 297 g/mol. The van der Waals surface area contributed by atoms with E-state index in [4.69, 9.17) is 0 Å². The SMILES string of the molecule is Cc1c([N+](=O)[O-])c(C)c([N+](=O)[O-])c(C(C)(C)C)c1[N+](=O)[O-]. The molecule has 0 unspecified atom stereocenters. The Balaban J connectivity index is 4.17. The molecule has 0 radical (unpaired) electrons. The molecule has 9 nitrogen and oxygen atoms in total. The van der Waals surface area contributed by atoms with Gasteiger partial charge in [0.2, 0.25) is 0 Å². The van der Waals surface area contributed by atoms with Crippen molar-refractivity contribution in [2.75, 3.05) is 0 Å². The highest BCUT2D eigenvalue weighted by Crippen LogP contribution is 2.46. The van der Waals surface area contributed by atoms with Crippen LogP contribution in [0, 0.1) is 44.2 Å². The molecule has 0 aliphatic carbocycles. The van der Waals surface area contributed by atoms with Crippen LogP contribution in [-0.2, 0) is 5.41 Å². The van der Waals surface area contributed by atoms with E-state index in [-0.39, 0.29) is 16.7 Å². The molecule has 0 spiro atoms. The number of nitrogens with zero attached hydrogens (tertiary/aromatic N) is 3. The summed E-state index contributed by atoms with van der Waals surface area (Å²) < 4.78 is 0. The van der Waals surface area contributed by atoms with Crippen molar-refractivity contribution >= 4 is 17.1 Å². The Hall–Kier alpha value is -2.58. The first-order chi connectivity index (χ1) is 9.41. The van der Waals surface area contributed by atoms with Gasteiger partial charge in [0.25, 0.3) is 17.1 Å². The van der Waals surface area contributed by atoms with E-state index in [0.29, 0.717) is 0 Å². The summed E-state index contributed by atoms with van der Waals surface area (Å²) in [6.07, 6.45) is 0. The summed E-state index contributed by atoms with van der Waals surface area (Å²) in [6, 6.07) is 0. The lowest BCUT2D eigenvalue weighted by Gasteiger charge is -2.20. The van der Waals surface area contributed by atoms with Crippen LogP contribution >= 0.6 is 0 Å². The Bertz CT molecular complexity index is 619. The maximum Gasteiger partial charge on any atom is 0.289 e. The first-order valence-corrected chi connectivity index (χ1v) is 6.02. The summed E-state index contributed by atoms with van der Waals surface area (Å²) in [7, 11) is 0. The third-order valence-electron chi connectivity index (χ3n) is 3.19. The molecule has 0 heterocycles. The summed E-state index contributed by atoms with van der Waals surface area (Å²) in [5, 5.41) is 33.7. The molecule has 0 saturated carbocycles. The van der Waals surface area contributed by atoms with E-state index in [1.807, 2.05) is 0 Å². The van der Waals surface area contributed by atoms with Crippen molar-refractivity contribution in [1.29, 1.82) is 0 Å². The average molecular weight is 297 g/mol. The highest BCUT2D eigenvalue weighted by atomic mass is 16.6. The maximum atomic E-state index is 11.3. The Morgan fingerprint density at radius 2 is 1.00 bits per heavy atom. The molecule has 21 heavy (non-hydrogen) atoms. The van der Waals surface area contributed by atoms with Crippen molar-refractivity contribution in [2.24, 2.45) is 0 Å². The summed E-state index contributed by atoms with van der Waals surface area (Å²) in [4.78, 5) is 31.3. The fourth-order valence-corrected chi connectivity index (χ4v) is 2.43. The number of nitro groups is 3. The second-order valence-electron chi connectivity index (χ2n) is 5.69. The molecule has 0 aliphatic heterocycles. The summed E-state index contributed by atoms with van der Waals surface area (Å²) in [5.41, 5.74) is -3.05. The van der Waals surface area contributed by atoms with Crippen molar-refractivity contribution in [1.82, 2.24) is 0 Å². The van der Waals surface area contributed by atoms with Crippen molar-refractivity contribution in [3.8, 4) is 0 Å². The third-order valence-corrected chi connectivity index (χ3v) is 3.19. The highest BCUT2D eigenvalue weighted by Gasteiger charge is 2.42. The van der Waals surface area contributed by atoms with Crippen LogP contribution in [-0.4, -0.2) is 14.8 Å². The normalized spacial score (nSPS) is 11.3. The second kappa shape index (κ2) is 5.08. The lowest BCUT2D eigenvalue weighted by molar-refractivity contribution is -0.406. The Kier molecular flexibility index (Phi) is 3.98. The minimum absolute atomic E-state index is 0.0990. The highest BCUT2D eigenvalue weighted by molar-refractivity contribution is 5.72. The molecule has 0 bridgehead atoms. The molecule has 1 aromatic rings. The first-order valence-electron chi connectivity index (χ1n) is 6.02. The predicted octanol–water partition coefficient (Wildman–Crippen LogP) is 3.33. The minimum atomic E-state index is -0.907. The topological polar surface area (TPSA) is 129 Å². The van der Waals surface area contributed by atoms with Gasteiger partial charge in [0.05, 0.1) is 14.8 Å². The molecule has 114 valence electrons. The van der Waals surface area contributed by atoms with E-state index in [0.717, 1.165) is 0 Å². The molecule has 0 aromatic heterocycles. The Labute approximate surface area is 120 Å². The lowest BCUT2D eigenvalue weighted by Crippen LogP contribution is -2.19. The smallest absolute Gasteiger partial charge is 0.258 e. The zero-order valence-corrected chi connectivity index (χ0v) is 12.3. The Morgan fingerprint density at radius 1 is 0.714 bits per heavy atom. The number of rotatable bonds is 3. The van der Waals surface area contributed by atoms with Gasteiger partial charge in [-0.25, -0.2) is 0 Å². The molecule has 0 N–H and O–H groups in total. The maximum absolute atomic E-state index is 11.3. The van der Waals surface area contributed by atoms with E-state index in [1.165, 1.54) is 13.8 Å². The van der Waals surface area contributed by atoms with Gasteiger partial charge in [-0.05, 0) is 13.8 Å². The quantitative estimate of drug-likeness (QED) is 0.621. The van der Waals surface area contributed by atoms with E-state index in [2.05, 4.69) is 0 Å². The van der Waals surface area contributed by atoms with Gasteiger partial charge in [0, 0.05) is 5.41 Å². The second-order valence-corrected chi connectivity index (χ2v) is 5.69. The van der Waals surface area contributed by atoms with E-state index < -0.39 is 37.2 Å². The summed E-state index contributed by atoms with van der Waals surface area (Å²) in [6.45, 7) is 7.25. The van der Waals surface area contributed by atoms with Crippen LogP contribution in [0.4, 0.5) is 17.1 Å². The van der Waals surface area contributed by atoms with Crippen LogP contribution in [0.15, 0.2) is 0 Å². The standard InChI is InChI=1S/C12H15N3O6/c1-6-9(13(16)17)7(2)11(15(20)21)8(12(3,4)5)10(6)14(18)19/h1-5H3. The zero-order chi connectivity index (χ0) is 16.7. The molecule has 0 aliphatic rings. The van der Waals surface area contributed by atoms with Crippen LogP contribution in [0.3, 0.4) is 0 Å². The first kappa shape index (κ1) is 16.5. The summed E-state index contributed by atoms with van der Waals surface area (Å²) in [5.74, 6) is 0. The van der Waals surface area contributed by atoms with E-state index >= 15 is 0 Å². The molecule has 0 amide bonds. The minimum Gasteiger partial charge on any atom is -0.258 e. The fourth-order valence-electron chi connectivity index (χ4n) is 2.43. The van der Waals surface area contributed by atoms with Crippen LogP contribution in [0.25, 0.3) is 0 Å². The largest absolute Gasteiger partial charge is 0.289 e. The molecular formula is C12H15N3O6. The molecule has 0 atom stereocenters. The van der Waals surface area contributed by atoms with Crippen LogP contribution in [0.2, 0.25) is 0 Å². The van der Waals surface area contributed by atoms with Gasteiger partial charge in [0.1, 0.15) is 16.7 Å². The van der Waals surface area contributed by atoms with Crippen molar-refractivity contribution in [2.45, 2.75) is 40.0 Å². The van der Waals surface area contributed by atoms with Gasteiger partial charge < -0.3 is 0 Å². The van der Waals surface area contributed by atoms with Crippen LogP contribution < -0.4 is 0 Å². The number of hydrogen-bond acceptors (Lipinski definition) is 6. The van der Waals surface area contributed by atoms with E-state index in [9.17, 15) is 30.3 Å². The Morgan fingerprint density at radius 3 is 1.19 bits per heavy atom. The van der Waals surface area contributed by atoms with Crippen molar-refractivity contribution in [3.63, 3.8) is 0 Å². The van der Waals surface area contributed by atoms with E-state index in [1.54, 1.807) is 20.8 Å². The van der Waals surface area contributed by atoms with Crippen molar-refractivity contribution < 1.29 is 14.8 Å². The van der Waals surface area contributed by atoms with Crippen molar-refractivity contribution in [3.05, 3.63) is 47.0 Å². The van der Waals surface area contributed by atoms with Crippen LogP contribution in [0.5, 0.6) is 0 Å². The summed E-state index contributed by atoms with van der Waals surface area (Å²) >= 11 is 0. The molecular weight excluding hydrogens is 282 g/mol. The predicted molar refractivity (Wildman–Crippen MR) is 74.6 cm³/mol. The van der Waals surface area contributed by atoms with Gasteiger partial charge in [-0.15, -0.1) is 0 Å². The van der Waals surface area contributed by atoms with Crippen LogP contribution in [0.1, 0.15) is 37.5 Å². The molecule has 1 rings (SSSR count). The molecule has 9 heteroatoms. The fraction of sp³-hybridized carbons (Fsp3) is 0.500. The van der Waals surface area contributed by atoms with Gasteiger partial charge in [-0.3, -0.25) is 30.3 Å². The van der Waals surface area contributed by atoms with Gasteiger partial charge >= 0.3 is 0 Å². The molecule has 1 aromatic carbocycles. The zero-order valence-electron chi connectivity index (χ0n) is 12.3. The molecule has 0 saturated heterocycles. The molecule has 0 fully saturated rings. The van der Waals surface area contributed by atoms with Gasteiger partial charge in [0.15, 0.2) is 0 Å². The number of benzene rings is 1. The number of hydrogen-bond donors (Lipinski definition) is 0. The third kappa shape index (κ3) is 2.67.